The van der Waals surface area contributed by atoms with Gasteiger partial charge in [-0.15, -0.1) is 0 Å². The number of aliphatic hydroxyl groups is 1. The molecule has 0 aromatic carbocycles. The summed E-state index contributed by atoms with van der Waals surface area (Å²) in [4.78, 5) is 26.4. The van der Waals surface area contributed by atoms with E-state index in [1.807, 2.05) is 0 Å². The summed E-state index contributed by atoms with van der Waals surface area (Å²) in [5.41, 5.74) is 0. The first-order valence-corrected chi connectivity index (χ1v) is 6.96. The highest BCUT2D eigenvalue weighted by atomic mass is 16.4. The molecule has 0 aliphatic carbocycles. The van der Waals surface area contributed by atoms with Crippen molar-refractivity contribution in [3.63, 3.8) is 0 Å². The van der Waals surface area contributed by atoms with E-state index in [0.717, 1.165) is 32.7 Å². The molecule has 2 saturated heterocycles. The van der Waals surface area contributed by atoms with Crippen LogP contribution in [-0.2, 0) is 4.79 Å². The van der Waals surface area contributed by atoms with E-state index >= 15 is 0 Å². The van der Waals surface area contributed by atoms with Gasteiger partial charge in [0, 0.05) is 52.2 Å². The number of amides is 2. The minimum Gasteiger partial charge on any atom is -0.480 e. The molecule has 0 spiro atoms. The smallest absolute Gasteiger partial charge is 0.326 e. The SMILES string of the molecule is O=C(O)[C@H]1C[C@@H](O)CN1C(=O)NCCN1CCNCC1. The second-order valence-electron chi connectivity index (χ2n) is 5.22. The predicted octanol–water partition coefficient (Wildman–Crippen LogP) is -1.88. The van der Waals surface area contributed by atoms with Crippen LogP contribution in [-0.4, -0.2) is 90.0 Å². The lowest BCUT2D eigenvalue weighted by Crippen LogP contribution is -2.49. The first-order valence-electron chi connectivity index (χ1n) is 6.96. The molecule has 2 rings (SSSR count). The van der Waals surface area contributed by atoms with Crippen LogP contribution < -0.4 is 10.6 Å². The lowest BCUT2D eigenvalue weighted by Gasteiger charge is -2.28. The van der Waals surface area contributed by atoms with Crippen LogP contribution in [0.2, 0.25) is 0 Å². The number of aliphatic hydroxyl groups excluding tert-OH is 1. The van der Waals surface area contributed by atoms with Crippen LogP contribution in [0, 0.1) is 0 Å². The predicted molar refractivity (Wildman–Crippen MR) is 71.5 cm³/mol. The molecule has 0 aromatic rings. The summed E-state index contributed by atoms with van der Waals surface area (Å²) < 4.78 is 0. The van der Waals surface area contributed by atoms with E-state index in [0.29, 0.717) is 6.54 Å². The van der Waals surface area contributed by atoms with E-state index in [2.05, 4.69) is 15.5 Å². The van der Waals surface area contributed by atoms with Crippen LogP contribution in [0.5, 0.6) is 0 Å². The van der Waals surface area contributed by atoms with Gasteiger partial charge in [0.25, 0.3) is 0 Å². The fraction of sp³-hybridized carbons (Fsp3) is 0.833. The van der Waals surface area contributed by atoms with Crippen molar-refractivity contribution < 1.29 is 19.8 Å². The van der Waals surface area contributed by atoms with Gasteiger partial charge in [0.15, 0.2) is 0 Å². The minimum atomic E-state index is -1.07. The molecule has 2 atom stereocenters. The summed E-state index contributed by atoms with van der Waals surface area (Å²) in [6.07, 6.45) is -0.657. The topological polar surface area (TPSA) is 105 Å². The Balaban J connectivity index is 1.74. The Morgan fingerprint density at radius 3 is 2.65 bits per heavy atom. The number of likely N-dealkylation sites (tertiary alicyclic amines) is 1. The number of β-amino-alcohol motifs (C(OH)–C–C–N with tert-alkyl or cyclic N) is 1. The van der Waals surface area contributed by atoms with Crippen molar-refractivity contribution in [3.05, 3.63) is 0 Å². The van der Waals surface area contributed by atoms with Crippen LogP contribution in [0.4, 0.5) is 4.79 Å². The van der Waals surface area contributed by atoms with Crippen molar-refractivity contribution in [2.75, 3.05) is 45.8 Å². The number of carboxylic acid groups (broad SMARTS) is 1. The summed E-state index contributed by atoms with van der Waals surface area (Å²) >= 11 is 0. The number of carbonyl (C=O) groups excluding carboxylic acids is 1. The van der Waals surface area contributed by atoms with Gasteiger partial charge in [-0.2, -0.15) is 0 Å². The third-order valence-corrected chi connectivity index (χ3v) is 3.74. The van der Waals surface area contributed by atoms with Crippen molar-refractivity contribution in [1.82, 2.24) is 20.4 Å². The van der Waals surface area contributed by atoms with E-state index in [4.69, 9.17) is 5.11 Å². The Labute approximate surface area is 117 Å². The molecule has 2 aliphatic heterocycles. The molecule has 0 radical (unpaired) electrons. The number of rotatable bonds is 4. The van der Waals surface area contributed by atoms with Gasteiger partial charge in [-0.25, -0.2) is 9.59 Å². The van der Waals surface area contributed by atoms with Crippen LogP contribution >= 0.6 is 0 Å². The maximum atomic E-state index is 12.0. The number of aliphatic carboxylic acids is 1. The molecule has 4 N–H and O–H groups in total. The molecule has 2 amide bonds. The second kappa shape index (κ2) is 6.87. The van der Waals surface area contributed by atoms with Gasteiger partial charge in [-0.1, -0.05) is 0 Å². The number of carbonyl (C=O) groups is 2. The fourth-order valence-corrected chi connectivity index (χ4v) is 2.63. The number of urea groups is 1. The maximum absolute atomic E-state index is 12.0. The Morgan fingerprint density at radius 2 is 2.00 bits per heavy atom. The van der Waals surface area contributed by atoms with Crippen LogP contribution in [0.1, 0.15) is 6.42 Å². The first-order chi connectivity index (χ1) is 9.58. The fourth-order valence-electron chi connectivity index (χ4n) is 2.63. The molecule has 0 bridgehead atoms. The van der Waals surface area contributed by atoms with Gasteiger partial charge >= 0.3 is 12.0 Å². The molecule has 114 valence electrons. The Kier molecular flexibility index (Phi) is 5.16. The highest BCUT2D eigenvalue weighted by Crippen LogP contribution is 2.17. The third-order valence-electron chi connectivity index (χ3n) is 3.74. The molecular weight excluding hydrogens is 264 g/mol. The van der Waals surface area contributed by atoms with Crippen LogP contribution in [0.25, 0.3) is 0 Å². The number of piperazine rings is 1. The minimum absolute atomic E-state index is 0.0798. The number of hydrogen-bond acceptors (Lipinski definition) is 5. The van der Waals surface area contributed by atoms with Gasteiger partial charge in [0.1, 0.15) is 6.04 Å². The molecular formula is C12H22N4O4. The quantitative estimate of drug-likeness (QED) is 0.482. The summed E-state index contributed by atoms with van der Waals surface area (Å²) in [5, 5.41) is 24.5. The lowest BCUT2D eigenvalue weighted by atomic mass is 10.2. The van der Waals surface area contributed by atoms with Crippen molar-refractivity contribution in [1.29, 1.82) is 0 Å². The zero-order valence-corrected chi connectivity index (χ0v) is 11.4. The number of carboxylic acids is 1. The first kappa shape index (κ1) is 15.0. The number of hydrogen-bond donors (Lipinski definition) is 4. The lowest BCUT2D eigenvalue weighted by molar-refractivity contribution is -0.141. The van der Waals surface area contributed by atoms with Gasteiger partial charge < -0.3 is 25.7 Å². The summed E-state index contributed by atoms with van der Waals surface area (Å²) in [7, 11) is 0. The van der Waals surface area contributed by atoms with Crippen LogP contribution in [0.15, 0.2) is 0 Å². The van der Waals surface area contributed by atoms with E-state index < -0.39 is 24.1 Å². The zero-order chi connectivity index (χ0) is 14.5. The zero-order valence-electron chi connectivity index (χ0n) is 11.4. The largest absolute Gasteiger partial charge is 0.480 e. The molecule has 2 fully saturated rings. The molecule has 8 heteroatoms. The van der Waals surface area contributed by atoms with Gasteiger partial charge in [-0.3, -0.25) is 4.90 Å². The summed E-state index contributed by atoms with van der Waals surface area (Å²) in [6, 6.07) is -1.34. The third kappa shape index (κ3) is 3.81. The van der Waals surface area contributed by atoms with Gasteiger partial charge in [0.2, 0.25) is 0 Å². The molecule has 20 heavy (non-hydrogen) atoms. The normalized spacial score (nSPS) is 27.6. The number of nitrogens with zero attached hydrogens (tertiary/aromatic N) is 2. The van der Waals surface area contributed by atoms with E-state index in [1.54, 1.807) is 0 Å². The highest BCUT2D eigenvalue weighted by molar-refractivity contribution is 5.83. The summed E-state index contributed by atoms with van der Waals surface area (Å²) in [5.74, 6) is -1.07. The molecule has 0 saturated carbocycles. The molecule has 0 unspecified atom stereocenters. The Bertz CT molecular complexity index is 359. The van der Waals surface area contributed by atoms with Gasteiger partial charge in [-0.05, 0) is 0 Å². The molecule has 2 aliphatic rings. The monoisotopic (exact) mass is 286 g/mol. The average molecular weight is 286 g/mol. The standard InChI is InChI=1S/C12H22N4O4/c17-9-7-10(11(18)19)16(8-9)12(20)14-3-6-15-4-1-13-2-5-15/h9-10,13,17H,1-8H2,(H,14,20)(H,18,19)/t9-,10-/m1/s1. The maximum Gasteiger partial charge on any atom is 0.326 e. The molecule has 0 aromatic heterocycles. The summed E-state index contributed by atoms with van der Waals surface area (Å²) in [6.45, 7) is 5.13. The van der Waals surface area contributed by atoms with Crippen molar-refractivity contribution in [3.8, 4) is 0 Å². The van der Waals surface area contributed by atoms with Gasteiger partial charge in [0.05, 0.1) is 6.10 Å². The average Bonchev–Trinajstić information content (AvgIpc) is 2.82. The van der Waals surface area contributed by atoms with E-state index in [9.17, 15) is 14.7 Å². The highest BCUT2D eigenvalue weighted by Gasteiger charge is 2.38. The van der Waals surface area contributed by atoms with Crippen molar-refractivity contribution in [2.45, 2.75) is 18.6 Å². The number of nitrogens with one attached hydrogen (secondary N) is 2. The van der Waals surface area contributed by atoms with Crippen molar-refractivity contribution >= 4 is 12.0 Å². The Hall–Kier alpha value is -1.38. The second-order valence-corrected chi connectivity index (χ2v) is 5.22. The van der Waals surface area contributed by atoms with Crippen LogP contribution in [0.3, 0.4) is 0 Å². The van der Waals surface area contributed by atoms with E-state index in [1.165, 1.54) is 4.90 Å². The van der Waals surface area contributed by atoms with E-state index in [-0.39, 0.29) is 13.0 Å². The molecule has 8 nitrogen and oxygen atoms in total. The molecule has 2 heterocycles. The van der Waals surface area contributed by atoms with Crippen molar-refractivity contribution in [2.24, 2.45) is 0 Å². The Morgan fingerprint density at radius 1 is 1.30 bits per heavy atom.